The second-order valence-electron chi connectivity index (χ2n) is 5.92. The molecule has 2 nitrogen and oxygen atoms in total. The minimum absolute atomic E-state index is 0.00286. The summed E-state index contributed by atoms with van der Waals surface area (Å²) in [6.07, 6.45) is -2.88. The van der Waals surface area contributed by atoms with Crippen molar-refractivity contribution in [1.29, 1.82) is 0 Å². The number of rotatable bonds is 7. The fourth-order valence-corrected chi connectivity index (χ4v) is 1.95. The van der Waals surface area contributed by atoms with Crippen molar-refractivity contribution in [3.05, 3.63) is 35.4 Å². The quantitative estimate of drug-likeness (QED) is 0.760. The smallest absolute Gasteiger partial charge is 0.372 e. The van der Waals surface area contributed by atoms with Crippen LogP contribution in [0.4, 0.5) is 13.2 Å². The van der Waals surface area contributed by atoms with E-state index in [1.54, 1.807) is 0 Å². The van der Waals surface area contributed by atoms with E-state index < -0.39 is 12.8 Å². The summed E-state index contributed by atoms with van der Waals surface area (Å²) in [5.41, 5.74) is 8.23. The molecule has 2 N–H and O–H groups in total. The van der Waals surface area contributed by atoms with Crippen molar-refractivity contribution in [2.24, 2.45) is 5.73 Å². The van der Waals surface area contributed by atoms with Crippen LogP contribution in [0.1, 0.15) is 50.8 Å². The molecule has 120 valence electrons. The molecule has 1 atom stereocenters. The Kier molecular flexibility index (Phi) is 6.23. The summed E-state index contributed by atoms with van der Waals surface area (Å²) in [7, 11) is 0. The van der Waals surface area contributed by atoms with Crippen molar-refractivity contribution in [2.45, 2.75) is 51.2 Å². The summed E-state index contributed by atoms with van der Waals surface area (Å²) in [5, 5.41) is 0. The first-order valence-electron chi connectivity index (χ1n) is 7.16. The van der Waals surface area contributed by atoms with Gasteiger partial charge in [0.25, 0.3) is 0 Å². The Balaban J connectivity index is 2.50. The Morgan fingerprint density at radius 2 is 1.71 bits per heavy atom. The maximum atomic E-state index is 11.9. The van der Waals surface area contributed by atoms with Gasteiger partial charge in [0.15, 0.2) is 0 Å². The third-order valence-corrected chi connectivity index (χ3v) is 3.84. The fourth-order valence-electron chi connectivity index (χ4n) is 1.95. The van der Waals surface area contributed by atoms with Gasteiger partial charge in [-0.15, -0.1) is 0 Å². The normalized spacial score (nSPS) is 14.2. The number of nitrogens with two attached hydrogens (primary N) is 1. The van der Waals surface area contributed by atoms with Gasteiger partial charge in [-0.3, -0.25) is 0 Å². The Morgan fingerprint density at radius 3 is 2.19 bits per heavy atom. The van der Waals surface area contributed by atoms with Crippen LogP contribution in [0.15, 0.2) is 24.3 Å². The molecule has 5 heteroatoms. The Morgan fingerprint density at radius 1 is 1.14 bits per heavy atom. The molecule has 0 fully saturated rings. The number of hydrogen-bond acceptors (Lipinski definition) is 2. The van der Waals surface area contributed by atoms with Gasteiger partial charge in [-0.25, -0.2) is 0 Å². The molecular formula is C16H24F3NO. The topological polar surface area (TPSA) is 35.2 Å². The summed E-state index contributed by atoms with van der Waals surface area (Å²) < 4.78 is 40.4. The first-order chi connectivity index (χ1) is 9.65. The minimum Gasteiger partial charge on any atom is -0.372 e. The molecule has 1 rings (SSSR count). The molecule has 0 bridgehead atoms. The van der Waals surface area contributed by atoms with Gasteiger partial charge in [0.2, 0.25) is 0 Å². The SMILES string of the molecule is CCC(C)(C)c1ccc(C(N)CCOCC(F)(F)F)cc1. The van der Waals surface area contributed by atoms with Gasteiger partial charge in [0.1, 0.15) is 6.61 Å². The van der Waals surface area contributed by atoms with Gasteiger partial charge in [-0.1, -0.05) is 45.0 Å². The second-order valence-corrected chi connectivity index (χ2v) is 5.92. The zero-order chi connectivity index (χ0) is 16.1. The van der Waals surface area contributed by atoms with Gasteiger partial charge in [-0.2, -0.15) is 13.2 Å². The van der Waals surface area contributed by atoms with Crippen LogP contribution in [0.2, 0.25) is 0 Å². The monoisotopic (exact) mass is 303 g/mol. The summed E-state index contributed by atoms with van der Waals surface area (Å²) in [6.45, 7) is 5.27. The lowest BCUT2D eigenvalue weighted by atomic mass is 9.82. The second kappa shape index (κ2) is 7.27. The average molecular weight is 303 g/mol. The number of hydrogen-bond donors (Lipinski definition) is 1. The van der Waals surface area contributed by atoms with Gasteiger partial charge < -0.3 is 10.5 Å². The van der Waals surface area contributed by atoms with E-state index in [4.69, 9.17) is 5.73 Å². The van der Waals surface area contributed by atoms with E-state index in [2.05, 4.69) is 25.5 Å². The third kappa shape index (κ3) is 6.06. The van der Waals surface area contributed by atoms with Crippen LogP contribution in [0.3, 0.4) is 0 Å². The Labute approximate surface area is 124 Å². The van der Waals surface area contributed by atoms with Crippen molar-refractivity contribution >= 4 is 0 Å². The van der Waals surface area contributed by atoms with E-state index in [9.17, 15) is 13.2 Å². The molecular weight excluding hydrogens is 279 g/mol. The molecule has 0 radical (unpaired) electrons. The standard InChI is InChI=1S/C16H24F3NO/c1-4-15(2,3)13-7-5-12(6-8-13)14(20)9-10-21-11-16(17,18)19/h5-8,14H,4,9-11,20H2,1-3H3. The Bertz CT molecular complexity index is 426. The van der Waals surface area contributed by atoms with Gasteiger partial charge in [0.05, 0.1) is 0 Å². The number of alkyl halides is 3. The highest BCUT2D eigenvalue weighted by Crippen LogP contribution is 2.27. The van der Waals surface area contributed by atoms with Crippen LogP contribution in [-0.4, -0.2) is 19.4 Å². The van der Waals surface area contributed by atoms with Crippen LogP contribution in [0.25, 0.3) is 0 Å². The van der Waals surface area contributed by atoms with Gasteiger partial charge in [-0.05, 0) is 29.4 Å². The molecule has 1 unspecified atom stereocenters. The summed E-state index contributed by atoms with van der Waals surface area (Å²) in [4.78, 5) is 0. The molecule has 0 saturated carbocycles. The molecule has 0 aliphatic carbocycles. The summed E-state index contributed by atoms with van der Waals surface area (Å²) in [6, 6.07) is 7.66. The van der Waals surface area contributed by atoms with E-state index in [0.29, 0.717) is 6.42 Å². The first-order valence-corrected chi connectivity index (χ1v) is 7.16. The third-order valence-electron chi connectivity index (χ3n) is 3.84. The molecule has 0 amide bonds. The van der Waals surface area contributed by atoms with Crippen molar-refractivity contribution in [3.63, 3.8) is 0 Å². The lowest BCUT2D eigenvalue weighted by molar-refractivity contribution is -0.174. The highest BCUT2D eigenvalue weighted by molar-refractivity contribution is 5.29. The van der Waals surface area contributed by atoms with Crippen LogP contribution in [0.5, 0.6) is 0 Å². The van der Waals surface area contributed by atoms with Crippen LogP contribution in [-0.2, 0) is 10.2 Å². The van der Waals surface area contributed by atoms with E-state index in [0.717, 1.165) is 12.0 Å². The van der Waals surface area contributed by atoms with Gasteiger partial charge in [0, 0.05) is 12.6 Å². The number of ether oxygens (including phenoxy) is 1. The predicted octanol–water partition coefficient (Wildman–Crippen LogP) is 4.34. The van der Waals surface area contributed by atoms with Crippen molar-refractivity contribution in [3.8, 4) is 0 Å². The molecule has 0 aliphatic rings. The van der Waals surface area contributed by atoms with E-state index in [1.165, 1.54) is 5.56 Å². The number of benzene rings is 1. The largest absolute Gasteiger partial charge is 0.411 e. The van der Waals surface area contributed by atoms with Crippen LogP contribution in [0, 0.1) is 0 Å². The van der Waals surface area contributed by atoms with E-state index >= 15 is 0 Å². The molecule has 1 aromatic carbocycles. The summed E-state index contributed by atoms with van der Waals surface area (Å²) >= 11 is 0. The zero-order valence-corrected chi connectivity index (χ0v) is 12.8. The maximum absolute atomic E-state index is 11.9. The lowest BCUT2D eigenvalue weighted by Crippen LogP contribution is -2.20. The Hall–Kier alpha value is -1.07. The first kappa shape index (κ1) is 18.0. The highest BCUT2D eigenvalue weighted by atomic mass is 19.4. The fraction of sp³-hybridized carbons (Fsp3) is 0.625. The molecule has 0 aliphatic heterocycles. The molecule has 0 aromatic heterocycles. The van der Waals surface area contributed by atoms with E-state index in [-0.39, 0.29) is 18.1 Å². The lowest BCUT2D eigenvalue weighted by Gasteiger charge is -2.24. The summed E-state index contributed by atoms with van der Waals surface area (Å²) in [5.74, 6) is 0. The molecule has 1 aromatic rings. The molecule has 21 heavy (non-hydrogen) atoms. The van der Waals surface area contributed by atoms with Crippen LogP contribution < -0.4 is 5.73 Å². The average Bonchev–Trinajstić information content (AvgIpc) is 2.42. The maximum Gasteiger partial charge on any atom is 0.411 e. The van der Waals surface area contributed by atoms with E-state index in [1.807, 2.05) is 24.3 Å². The van der Waals surface area contributed by atoms with Crippen molar-refractivity contribution in [1.82, 2.24) is 0 Å². The zero-order valence-electron chi connectivity index (χ0n) is 12.8. The predicted molar refractivity (Wildman–Crippen MR) is 78.2 cm³/mol. The molecule has 0 heterocycles. The number of halogens is 3. The molecule has 0 spiro atoms. The highest BCUT2D eigenvalue weighted by Gasteiger charge is 2.27. The molecule has 0 saturated heterocycles. The van der Waals surface area contributed by atoms with Crippen molar-refractivity contribution in [2.75, 3.05) is 13.2 Å². The minimum atomic E-state index is -4.28. The van der Waals surface area contributed by atoms with Crippen molar-refractivity contribution < 1.29 is 17.9 Å². The van der Waals surface area contributed by atoms with Crippen LogP contribution >= 0.6 is 0 Å². The van der Waals surface area contributed by atoms with Gasteiger partial charge >= 0.3 is 6.18 Å².